The van der Waals surface area contributed by atoms with Crippen molar-refractivity contribution in [1.82, 2.24) is 15.1 Å². The maximum Gasteiger partial charge on any atom is 0.263 e. The van der Waals surface area contributed by atoms with Crippen LogP contribution in [0.5, 0.6) is 0 Å². The Labute approximate surface area is 121 Å². The molecule has 3 rings (SSSR count). The normalized spacial score (nSPS) is 11.2. The van der Waals surface area contributed by atoms with Crippen LogP contribution in [0.2, 0.25) is 5.02 Å². The van der Waals surface area contributed by atoms with Crippen LogP contribution in [0.4, 0.5) is 5.82 Å². The van der Waals surface area contributed by atoms with Crippen molar-refractivity contribution >= 4 is 28.5 Å². The second-order valence-electron chi connectivity index (χ2n) is 4.74. The van der Waals surface area contributed by atoms with Gasteiger partial charge in [0.1, 0.15) is 23.2 Å². The first-order chi connectivity index (χ1) is 9.65. The van der Waals surface area contributed by atoms with E-state index in [9.17, 15) is 0 Å². The summed E-state index contributed by atoms with van der Waals surface area (Å²) in [5, 5.41) is 8.79. The summed E-state index contributed by atoms with van der Waals surface area (Å²) >= 11 is 6.03. The van der Waals surface area contributed by atoms with E-state index < -0.39 is 0 Å². The molecule has 0 aliphatic heterocycles. The molecule has 0 radical (unpaired) electrons. The number of rotatable bonds is 3. The van der Waals surface area contributed by atoms with E-state index in [1.165, 1.54) is 6.33 Å². The van der Waals surface area contributed by atoms with E-state index in [0.717, 1.165) is 10.9 Å². The zero-order chi connectivity index (χ0) is 14.1. The first kappa shape index (κ1) is 12.9. The van der Waals surface area contributed by atoms with Crippen molar-refractivity contribution in [2.75, 3.05) is 5.32 Å². The molecule has 0 bridgehead atoms. The van der Waals surface area contributed by atoms with Gasteiger partial charge in [0.05, 0.1) is 0 Å². The number of fused-ring (bicyclic) bond motifs is 1. The second kappa shape index (κ2) is 5.09. The Hall–Kier alpha value is -2.14. The molecule has 3 aromatic rings. The maximum absolute atomic E-state index is 6.03. The quantitative estimate of drug-likeness (QED) is 0.795. The molecule has 0 amide bonds. The molecule has 20 heavy (non-hydrogen) atoms. The fourth-order valence-corrected chi connectivity index (χ4v) is 2.19. The third-order valence-electron chi connectivity index (χ3n) is 2.80. The zero-order valence-electron chi connectivity index (χ0n) is 11.1. The molecule has 0 unspecified atom stereocenters. The van der Waals surface area contributed by atoms with Gasteiger partial charge in [-0.05, 0) is 26.0 Å². The van der Waals surface area contributed by atoms with E-state index in [4.69, 9.17) is 16.1 Å². The number of hydrogen-bond donors (Lipinski definition) is 1. The number of halogens is 1. The number of aromatic nitrogens is 3. The van der Waals surface area contributed by atoms with Crippen molar-refractivity contribution in [1.29, 1.82) is 0 Å². The molecule has 2 aromatic heterocycles. The van der Waals surface area contributed by atoms with Gasteiger partial charge in [-0.1, -0.05) is 28.9 Å². The summed E-state index contributed by atoms with van der Waals surface area (Å²) < 4.78 is 5.28. The molecule has 0 saturated heterocycles. The summed E-state index contributed by atoms with van der Waals surface area (Å²) in [6.07, 6.45) is 1.46. The molecule has 102 valence electrons. The fourth-order valence-electron chi connectivity index (χ4n) is 2.00. The molecule has 0 atom stereocenters. The van der Waals surface area contributed by atoms with E-state index >= 15 is 0 Å². The summed E-state index contributed by atoms with van der Waals surface area (Å²) in [6, 6.07) is 7.70. The number of hydrogen-bond acceptors (Lipinski definition) is 5. The van der Waals surface area contributed by atoms with Crippen LogP contribution in [-0.2, 0) is 0 Å². The standard InChI is InChI=1S/C14H13ClN4O/c1-8(2)18-13-11-12(9-4-3-5-10(15)6-9)19-20-14(11)17-7-16-13/h3-8H,1-2H3,(H,16,17,18). The summed E-state index contributed by atoms with van der Waals surface area (Å²) in [6.45, 7) is 4.08. The van der Waals surface area contributed by atoms with Gasteiger partial charge in [-0.3, -0.25) is 0 Å². The number of nitrogens with one attached hydrogen (secondary N) is 1. The van der Waals surface area contributed by atoms with Gasteiger partial charge in [-0.25, -0.2) is 4.98 Å². The van der Waals surface area contributed by atoms with Crippen molar-refractivity contribution in [2.45, 2.75) is 19.9 Å². The van der Waals surface area contributed by atoms with Crippen LogP contribution in [0, 0.1) is 0 Å². The lowest BCUT2D eigenvalue weighted by Gasteiger charge is -2.09. The second-order valence-corrected chi connectivity index (χ2v) is 5.18. The van der Waals surface area contributed by atoms with Crippen molar-refractivity contribution in [3.05, 3.63) is 35.6 Å². The highest BCUT2D eigenvalue weighted by Crippen LogP contribution is 2.32. The molecule has 0 aliphatic carbocycles. The van der Waals surface area contributed by atoms with Crippen LogP contribution < -0.4 is 5.32 Å². The van der Waals surface area contributed by atoms with E-state index in [0.29, 0.717) is 22.2 Å². The number of benzene rings is 1. The third-order valence-corrected chi connectivity index (χ3v) is 3.03. The van der Waals surface area contributed by atoms with Crippen molar-refractivity contribution in [3.8, 4) is 11.3 Å². The lowest BCUT2D eigenvalue weighted by molar-refractivity contribution is 0.451. The van der Waals surface area contributed by atoms with Gasteiger partial charge in [0.25, 0.3) is 5.71 Å². The van der Waals surface area contributed by atoms with Gasteiger partial charge in [0, 0.05) is 16.6 Å². The predicted octanol–water partition coefficient (Wildman–Crippen LogP) is 3.76. The average molecular weight is 289 g/mol. The molecular formula is C14H13ClN4O. The number of nitrogens with zero attached hydrogens (tertiary/aromatic N) is 3. The lowest BCUT2D eigenvalue weighted by atomic mass is 10.1. The summed E-state index contributed by atoms with van der Waals surface area (Å²) in [4.78, 5) is 8.38. The molecule has 6 heteroatoms. The molecule has 1 N–H and O–H groups in total. The van der Waals surface area contributed by atoms with Crippen molar-refractivity contribution in [2.24, 2.45) is 0 Å². The van der Waals surface area contributed by atoms with Gasteiger partial charge in [-0.2, -0.15) is 4.98 Å². The van der Waals surface area contributed by atoms with Gasteiger partial charge in [-0.15, -0.1) is 0 Å². The van der Waals surface area contributed by atoms with E-state index in [-0.39, 0.29) is 6.04 Å². The highest BCUT2D eigenvalue weighted by atomic mass is 35.5. The molecule has 0 aliphatic rings. The highest BCUT2D eigenvalue weighted by Gasteiger charge is 2.17. The van der Waals surface area contributed by atoms with Crippen LogP contribution in [0.15, 0.2) is 35.1 Å². The minimum Gasteiger partial charge on any atom is -0.367 e. The van der Waals surface area contributed by atoms with Gasteiger partial charge in [0.15, 0.2) is 0 Å². The maximum atomic E-state index is 6.03. The third kappa shape index (κ3) is 2.32. The smallest absolute Gasteiger partial charge is 0.263 e. The first-order valence-electron chi connectivity index (χ1n) is 6.28. The SMILES string of the molecule is CC(C)Nc1ncnc2onc(-c3cccc(Cl)c3)c12. The van der Waals surface area contributed by atoms with Crippen LogP contribution in [0.1, 0.15) is 13.8 Å². The topological polar surface area (TPSA) is 63.8 Å². The molecule has 2 heterocycles. The Bertz CT molecular complexity index is 754. The zero-order valence-corrected chi connectivity index (χ0v) is 11.8. The van der Waals surface area contributed by atoms with Crippen LogP contribution in [0.25, 0.3) is 22.4 Å². The summed E-state index contributed by atoms with van der Waals surface area (Å²) in [5.41, 5.74) is 2.02. The molecule has 5 nitrogen and oxygen atoms in total. The van der Waals surface area contributed by atoms with Gasteiger partial charge in [0.2, 0.25) is 0 Å². The van der Waals surface area contributed by atoms with E-state index in [2.05, 4.69) is 20.4 Å². The molecule has 0 fully saturated rings. The van der Waals surface area contributed by atoms with Crippen LogP contribution in [0.3, 0.4) is 0 Å². The molecule has 0 spiro atoms. The minimum atomic E-state index is 0.246. The Morgan fingerprint density at radius 3 is 2.85 bits per heavy atom. The van der Waals surface area contributed by atoms with Crippen LogP contribution in [-0.4, -0.2) is 21.2 Å². The van der Waals surface area contributed by atoms with Crippen LogP contribution >= 0.6 is 11.6 Å². The lowest BCUT2D eigenvalue weighted by Crippen LogP contribution is -2.11. The van der Waals surface area contributed by atoms with E-state index in [1.54, 1.807) is 0 Å². The first-order valence-corrected chi connectivity index (χ1v) is 6.66. The van der Waals surface area contributed by atoms with Crippen molar-refractivity contribution in [3.63, 3.8) is 0 Å². The summed E-state index contributed by atoms with van der Waals surface area (Å²) in [5.74, 6) is 0.709. The Kier molecular flexibility index (Phi) is 3.28. The molecular weight excluding hydrogens is 276 g/mol. The highest BCUT2D eigenvalue weighted by molar-refractivity contribution is 6.30. The Balaban J connectivity index is 2.21. The number of anilines is 1. The molecule has 0 saturated carbocycles. The average Bonchev–Trinajstić information content (AvgIpc) is 2.83. The predicted molar refractivity (Wildman–Crippen MR) is 78.8 cm³/mol. The molecule has 1 aromatic carbocycles. The summed E-state index contributed by atoms with van der Waals surface area (Å²) in [7, 11) is 0. The fraction of sp³-hybridized carbons (Fsp3) is 0.214. The minimum absolute atomic E-state index is 0.246. The van der Waals surface area contributed by atoms with E-state index in [1.807, 2.05) is 38.1 Å². The Morgan fingerprint density at radius 1 is 1.25 bits per heavy atom. The van der Waals surface area contributed by atoms with Gasteiger partial charge < -0.3 is 9.84 Å². The van der Waals surface area contributed by atoms with Crippen molar-refractivity contribution < 1.29 is 4.52 Å². The largest absolute Gasteiger partial charge is 0.367 e. The Morgan fingerprint density at radius 2 is 2.10 bits per heavy atom. The van der Waals surface area contributed by atoms with Gasteiger partial charge >= 0.3 is 0 Å². The monoisotopic (exact) mass is 288 g/mol.